The molecule has 0 saturated heterocycles. The van der Waals surface area contributed by atoms with Gasteiger partial charge in [-0.05, 0) is 48.6 Å². The number of hydrogen-bond donors (Lipinski definition) is 1. The van der Waals surface area contributed by atoms with Gasteiger partial charge >= 0.3 is 0 Å². The Morgan fingerprint density at radius 3 is 2.26 bits per heavy atom. The number of nitrogens with one attached hydrogen (secondary N) is 1. The van der Waals surface area contributed by atoms with Crippen molar-refractivity contribution in [1.29, 1.82) is 0 Å². The first kappa shape index (κ1) is 24.7. The Morgan fingerprint density at radius 2 is 1.60 bits per heavy atom. The number of aromatic nitrogens is 1. The lowest BCUT2D eigenvalue weighted by molar-refractivity contribution is -0.116. The second-order valence-corrected chi connectivity index (χ2v) is 10.8. The highest BCUT2D eigenvalue weighted by Gasteiger charge is 2.13. The number of thiazole rings is 1. The lowest BCUT2D eigenvalue weighted by Gasteiger charge is -2.19. The molecule has 0 aliphatic carbocycles. The Morgan fingerprint density at radius 1 is 0.914 bits per heavy atom. The third kappa shape index (κ3) is 6.58. The standard InChI is InChI=1S/C30H32N2O2S/c1-21-28(32-29(35-21)23-9-6-5-7-10-23)22-12-16-25(17-13-22)31-27(33)11-8-20-34-26-18-14-24(15-19-26)30(2,3)4/h5-7,9-10,12-19H,8,11,20H2,1-4H3,(H,31,33). The predicted octanol–water partition coefficient (Wildman–Crippen LogP) is 7.88. The number of hydrogen-bond acceptors (Lipinski definition) is 4. The number of ether oxygens (including phenoxy) is 1. The van der Waals surface area contributed by atoms with Crippen LogP contribution in [0.3, 0.4) is 0 Å². The van der Waals surface area contributed by atoms with Gasteiger partial charge in [-0.15, -0.1) is 11.3 Å². The van der Waals surface area contributed by atoms with Crippen LogP contribution in [-0.2, 0) is 10.2 Å². The van der Waals surface area contributed by atoms with E-state index in [9.17, 15) is 4.79 Å². The van der Waals surface area contributed by atoms with Crippen LogP contribution in [0.1, 0.15) is 44.1 Å². The molecule has 0 atom stereocenters. The minimum absolute atomic E-state index is 0.0133. The fraction of sp³-hybridized carbons (Fsp3) is 0.267. The van der Waals surface area contributed by atoms with Crippen LogP contribution in [0.4, 0.5) is 5.69 Å². The lowest BCUT2D eigenvalue weighted by Crippen LogP contribution is -2.13. The summed E-state index contributed by atoms with van der Waals surface area (Å²) in [5, 5.41) is 3.99. The number of carbonyl (C=O) groups excluding carboxylic acids is 1. The molecule has 1 heterocycles. The number of benzene rings is 3. The summed E-state index contributed by atoms with van der Waals surface area (Å²) in [7, 11) is 0. The molecule has 0 bridgehead atoms. The van der Waals surface area contributed by atoms with E-state index in [0.29, 0.717) is 19.4 Å². The molecule has 4 rings (SSSR count). The number of amides is 1. The van der Waals surface area contributed by atoms with Crippen molar-refractivity contribution in [2.24, 2.45) is 0 Å². The van der Waals surface area contributed by atoms with E-state index in [0.717, 1.165) is 33.3 Å². The van der Waals surface area contributed by atoms with E-state index < -0.39 is 0 Å². The molecule has 3 aromatic carbocycles. The van der Waals surface area contributed by atoms with Crippen molar-refractivity contribution in [1.82, 2.24) is 4.98 Å². The fourth-order valence-electron chi connectivity index (χ4n) is 3.78. The molecule has 5 heteroatoms. The molecule has 0 unspecified atom stereocenters. The quantitative estimate of drug-likeness (QED) is 0.259. The Kier molecular flexibility index (Phi) is 7.67. The zero-order valence-electron chi connectivity index (χ0n) is 20.8. The highest BCUT2D eigenvalue weighted by molar-refractivity contribution is 7.15. The van der Waals surface area contributed by atoms with Crippen molar-refractivity contribution < 1.29 is 9.53 Å². The molecular weight excluding hydrogens is 452 g/mol. The van der Waals surface area contributed by atoms with Gasteiger partial charge in [-0.25, -0.2) is 4.98 Å². The second-order valence-electron chi connectivity index (χ2n) is 9.64. The fourth-order valence-corrected chi connectivity index (χ4v) is 4.72. The Balaban J connectivity index is 1.26. The van der Waals surface area contributed by atoms with Crippen molar-refractivity contribution in [2.75, 3.05) is 11.9 Å². The van der Waals surface area contributed by atoms with Gasteiger partial charge in [0, 0.05) is 28.1 Å². The van der Waals surface area contributed by atoms with Gasteiger partial charge < -0.3 is 10.1 Å². The van der Waals surface area contributed by atoms with Crippen LogP contribution in [0.25, 0.3) is 21.8 Å². The summed E-state index contributed by atoms with van der Waals surface area (Å²) < 4.78 is 5.80. The molecule has 180 valence electrons. The van der Waals surface area contributed by atoms with Gasteiger partial charge in [0.1, 0.15) is 10.8 Å². The molecule has 0 fully saturated rings. The molecule has 0 aliphatic heterocycles. The van der Waals surface area contributed by atoms with E-state index in [1.165, 1.54) is 10.4 Å². The number of anilines is 1. The van der Waals surface area contributed by atoms with Crippen LogP contribution in [0.5, 0.6) is 5.75 Å². The minimum Gasteiger partial charge on any atom is -0.494 e. The van der Waals surface area contributed by atoms with Crippen molar-refractivity contribution >= 4 is 22.9 Å². The van der Waals surface area contributed by atoms with E-state index >= 15 is 0 Å². The number of carbonyl (C=O) groups is 1. The monoisotopic (exact) mass is 484 g/mol. The average molecular weight is 485 g/mol. The maximum atomic E-state index is 12.4. The van der Waals surface area contributed by atoms with Crippen molar-refractivity contribution in [3.63, 3.8) is 0 Å². The minimum atomic E-state index is -0.0133. The van der Waals surface area contributed by atoms with E-state index in [4.69, 9.17) is 9.72 Å². The maximum absolute atomic E-state index is 12.4. The normalized spacial score (nSPS) is 11.3. The largest absolute Gasteiger partial charge is 0.494 e. The molecule has 1 N–H and O–H groups in total. The summed E-state index contributed by atoms with van der Waals surface area (Å²) in [5.41, 5.74) is 5.34. The summed E-state index contributed by atoms with van der Waals surface area (Å²) in [6, 6.07) is 26.3. The third-order valence-electron chi connectivity index (χ3n) is 5.80. The van der Waals surface area contributed by atoms with Crippen LogP contribution in [0.2, 0.25) is 0 Å². The molecule has 0 aliphatic rings. The molecule has 4 nitrogen and oxygen atoms in total. The van der Waals surface area contributed by atoms with Gasteiger partial charge in [-0.2, -0.15) is 0 Å². The van der Waals surface area contributed by atoms with Gasteiger partial charge in [-0.3, -0.25) is 4.79 Å². The first-order valence-corrected chi connectivity index (χ1v) is 12.8. The number of nitrogens with zero attached hydrogens (tertiary/aromatic N) is 1. The topological polar surface area (TPSA) is 51.2 Å². The summed E-state index contributed by atoms with van der Waals surface area (Å²) in [5.74, 6) is 0.822. The predicted molar refractivity (Wildman–Crippen MR) is 146 cm³/mol. The van der Waals surface area contributed by atoms with Crippen LogP contribution in [-0.4, -0.2) is 17.5 Å². The van der Waals surface area contributed by atoms with Gasteiger partial charge in [0.15, 0.2) is 0 Å². The van der Waals surface area contributed by atoms with E-state index in [2.05, 4.69) is 57.3 Å². The van der Waals surface area contributed by atoms with Crippen LogP contribution >= 0.6 is 11.3 Å². The molecule has 1 aromatic heterocycles. The van der Waals surface area contributed by atoms with Crippen LogP contribution < -0.4 is 10.1 Å². The zero-order chi connectivity index (χ0) is 24.8. The van der Waals surface area contributed by atoms with Crippen molar-refractivity contribution in [3.05, 3.63) is 89.3 Å². The SMILES string of the molecule is Cc1sc(-c2ccccc2)nc1-c1ccc(NC(=O)CCCOc2ccc(C(C)(C)C)cc2)cc1. The van der Waals surface area contributed by atoms with E-state index in [-0.39, 0.29) is 11.3 Å². The van der Waals surface area contributed by atoms with Gasteiger partial charge in [-0.1, -0.05) is 75.4 Å². The van der Waals surface area contributed by atoms with Gasteiger partial charge in [0.2, 0.25) is 5.91 Å². The number of rotatable bonds is 8. The molecule has 4 aromatic rings. The van der Waals surface area contributed by atoms with Gasteiger partial charge in [0.25, 0.3) is 0 Å². The summed E-state index contributed by atoms with van der Waals surface area (Å²) in [4.78, 5) is 18.4. The zero-order valence-corrected chi connectivity index (χ0v) is 21.6. The van der Waals surface area contributed by atoms with Gasteiger partial charge in [0.05, 0.1) is 12.3 Å². The number of aryl methyl sites for hydroxylation is 1. The first-order chi connectivity index (χ1) is 16.8. The highest BCUT2D eigenvalue weighted by atomic mass is 32.1. The Hall–Kier alpha value is -3.44. The van der Waals surface area contributed by atoms with Crippen molar-refractivity contribution in [3.8, 4) is 27.6 Å². The molecule has 35 heavy (non-hydrogen) atoms. The Labute approximate surface area is 212 Å². The Bertz CT molecular complexity index is 1250. The third-order valence-corrected chi connectivity index (χ3v) is 6.82. The van der Waals surface area contributed by atoms with E-state index in [1.807, 2.05) is 54.6 Å². The molecule has 0 radical (unpaired) electrons. The summed E-state index contributed by atoms with van der Waals surface area (Å²) in [6.07, 6.45) is 1.07. The van der Waals surface area contributed by atoms with Crippen LogP contribution in [0, 0.1) is 6.92 Å². The average Bonchev–Trinajstić information content (AvgIpc) is 3.24. The van der Waals surface area contributed by atoms with Crippen molar-refractivity contribution in [2.45, 2.75) is 46.0 Å². The summed E-state index contributed by atoms with van der Waals surface area (Å²) >= 11 is 1.70. The molecule has 1 amide bonds. The molecular formula is C30H32N2O2S. The molecule has 0 saturated carbocycles. The first-order valence-electron chi connectivity index (χ1n) is 12.0. The van der Waals surface area contributed by atoms with Crippen LogP contribution in [0.15, 0.2) is 78.9 Å². The molecule has 0 spiro atoms. The lowest BCUT2D eigenvalue weighted by atomic mass is 9.87. The summed E-state index contributed by atoms with van der Waals surface area (Å²) in [6.45, 7) is 9.18. The maximum Gasteiger partial charge on any atom is 0.224 e. The van der Waals surface area contributed by atoms with E-state index in [1.54, 1.807) is 11.3 Å². The highest BCUT2D eigenvalue weighted by Crippen LogP contribution is 2.33. The second kappa shape index (κ2) is 10.9. The smallest absolute Gasteiger partial charge is 0.224 e.